The Hall–Kier alpha value is -1.66. The van der Waals surface area contributed by atoms with E-state index in [2.05, 4.69) is 15.3 Å². The highest BCUT2D eigenvalue weighted by atomic mass is 32.1. The summed E-state index contributed by atoms with van der Waals surface area (Å²) in [5.41, 5.74) is 2.36. The van der Waals surface area contributed by atoms with Crippen molar-refractivity contribution >= 4 is 17.2 Å². The van der Waals surface area contributed by atoms with Gasteiger partial charge in [-0.1, -0.05) is 6.42 Å². The molecule has 2 aromatic rings. The van der Waals surface area contributed by atoms with Gasteiger partial charge in [-0.15, -0.1) is 11.3 Å². The molecule has 0 aromatic carbocycles. The molecule has 0 aliphatic heterocycles. The fourth-order valence-corrected chi connectivity index (χ4v) is 3.48. The summed E-state index contributed by atoms with van der Waals surface area (Å²) in [6.07, 6.45) is 4.79. The van der Waals surface area contributed by atoms with E-state index >= 15 is 0 Å². The lowest BCUT2D eigenvalue weighted by Crippen LogP contribution is -2.38. The first-order valence-electron chi connectivity index (χ1n) is 7.20. The van der Waals surface area contributed by atoms with Gasteiger partial charge in [-0.3, -0.25) is 4.79 Å². The van der Waals surface area contributed by atoms with E-state index in [1.807, 2.05) is 24.6 Å². The number of carbonyl (C=O) groups is 1. The van der Waals surface area contributed by atoms with Crippen LogP contribution in [0.2, 0.25) is 0 Å². The molecule has 1 saturated carbocycles. The first-order chi connectivity index (χ1) is 10.2. The van der Waals surface area contributed by atoms with E-state index in [-0.39, 0.29) is 24.5 Å². The standard InChI is InChI=1S/C15H19N3O2S/c1-9-17-14(8-21-9)11-5-13(16-6-11)15(20)18-12-4-2-3-10(12)7-19/h5-6,8,10,12,16,19H,2-4,7H2,1H3,(H,18,20). The van der Waals surface area contributed by atoms with Crippen molar-refractivity contribution in [2.24, 2.45) is 5.92 Å². The summed E-state index contributed by atoms with van der Waals surface area (Å²) < 4.78 is 0. The lowest BCUT2D eigenvalue weighted by Gasteiger charge is -2.18. The van der Waals surface area contributed by atoms with Crippen molar-refractivity contribution in [3.8, 4) is 11.3 Å². The predicted molar refractivity (Wildman–Crippen MR) is 82.3 cm³/mol. The fraction of sp³-hybridized carbons (Fsp3) is 0.467. The van der Waals surface area contributed by atoms with Gasteiger partial charge in [0.1, 0.15) is 5.69 Å². The lowest BCUT2D eigenvalue weighted by atomic mass is 10.1. The Kier molecular flexibility index (Phi) is 4.07. The summed E-state index contributed by atoms with van der Waals surface area (Å²) in [6.45, 7) is 2.10. The van der Waals surface area contributed by atoms with Crippen LogP contribution in [0.25, 0.3) is 11.3 Å². The maximum absolute atomic E-state index is 12.3. The summed E-state index contributed by atoms with van der Waals surface area (Å²) in [5, 5.41) is 15.3. The molecular formula is C15H19N3O2S. The molecule has 1 aliphatic carbocycles. The van der Waals surface area contributed by atoms with Crippen LogP contribution in [0.15, 0.2) is 17.6 Å². The average Bonchev–Trinajstić information content (AvgIpc) is 3.17. The Bertz CT molecular complexity index is 634. The van der Waals surface area contributed by atoms with Crippen LogP contribution in [0.1, 0.15) is 34.8 Å². The predicted octanol–water partition coefficient (Wildman–Crippen LogP) is 2.34. The fourth-order valence-electron chi connectivity index (χ4n) is 2.86. The smallest absolute Gasteiger partial charge is 0.267 e. The van der Waals surface area contributed by atoms with Gasteiger partial charge < -0.3 is 15.4 Å². The monoisotopic (exact) mass is 305 g/mol. The van der Waals surface area contributed by atoms with Crippen molar-refractivity contribution in [2.75, 3.05) is 6.61 Å². The van der Waals surface area contributed by atoms with E-state index in [0.29, 0.717) is 5.69 Å². The van der Waals surface area contributed by atoms with E-state index in [9.17, 15) is 9.90 Å². The maximum Gasteiger partial charge on any atom is 0.267 e. The Morgan fingerprint density at radius 1 is 1.57 bits per heavy atom. The minimum absolute atomic E-state index is 0.0794. The van der Waals surface area contributed by atoms with Crippen LogP contribution in [0, 0.1) is 12.8 Å². The van der Waals surface area contributed by atoms with Gasteiger partial charge >= 0.3 is 0 Å². The van der Waals surface area contributed by atoms with Gasteiger partial charge in [-0.05, 0) is 25.8 Å². The molecule has 0 radical (unpaired) electrons. The number of nitrogens with one attached hydrogen (secondary N) is 2. The summed E-state index contributed by atoms with van der Waals surface area (Å²) >= 11 is 1.59. The SMILES string of the molecule is Cc1nc(-c2c[nH]c(C(=O)NC3CCCC3CO)c2)cs1. The minimum atomic E-state index is -0.112. The van der Waals surface area contributed by atoms with Crippen LogP contribution >= 0.6 is 11.3 Å². The molecule has 6 heteroatoms. The van der Waals surface area contributed by atoms with E-state index in [0.717, 1.165) is 35.5 Å². The summed E-state index contributed by atoms with van der Waals surface area (Å²) in [5.74, 6) is 0.0723. The van der Waals surface area contributed by atoms with Crippen molar-refractivity contribution in [2.45, 2.75) is 32.2 Å². The molecule has 3 N–H and O–H groups in total. The number of aliphatic hydroxyl groups is 1. The summed E-state index contributed by atoms with van der Waals surface area (Å²) in [4.78, 5) is 19.7. The maximum atomic E-state index is 12.3. The van der Waals surface area contributed by atoms with Gasteiger partial charge in [-0.2, -0.15) is 0 Å². The van der Waals surface area contributed by atoms with Crippen LogP contribution in [0.5, 0.6) is 0 Å². The zero-order chi connectivity index (χ0) is 14.8. The number of hydrogen-bond donors (Lipinski definition) is 3. The molecule has 21 heavy (non-hydrogen) atoms. The number of carbonyl (C=O) groups excluding carboxylic acids is 1. The molecule has 1 aliphatic rings. The Morgan fingerprint density at radius 2 is 2.43 bits per heavy atom. The number of aryl methyl sites for hydroxylation is 1. The molecule has 112 valence electrons. The number of amides is 1. The number of H-pyrrole nitrogens is 1. The van der Waals surface area contributed by atoms with E-state index in [1.165, 1.54) is 0 Å². The highest BCUT2D eigenvalue weighted by Crippen LogP contribution is 2.26. The van der Waals surface area contributed by atoms with Crippen LogP contribution in [-0.4, -0.2) is 33.6 Å². The molecular weight excluding hydrogens is 286 g/mol. The Balaban J connectivity index is 1.69. The topological polar surface area (TPSA) is 78.0 Å². The van der Waals surface area contributed by atoms with Crippen LogP contribution in [-0.2, 0) is 0 Å². The molecule has 5 nitrogen and oxygen atoms in total. The summed E-state index contributed by atoms with van der Waals surface area (Å²) in [6, 6.07) is 1.91. The van der Waals surface area contributed by atoms with Crippen LogP contribution in [0.3, 0.4) is 0 Å². The number of hydrogen-bond acceptors (Lipinski definition) is 4. The molecule has 1 amide bonds. The number of nitrogens with zero attached hydrogens (tertiary/aromatic N) is 1. The van der Waals surface area contributed by atoms with Crippen molar-refractivity contribution in [3.05, 3.63) is 28.3 Å². The van der Waals surface area contributed by atoms with Gasteiger partial charge in [0.15, 0.2) is 0 Å². The molecule has 0 bridgehead atoms. The van der Waals surface area contributed by atoms with E-state index in [1.54, 1.807) is 11.3 Å². The summed E-state index contributed by atoms with van der Waals surface area (Å²) in [7, 11) is 0. The average molecular weight is 305 g/mol. The number of rotatable bonds is 4. The largest absolute Gasteiger partial charge is 0.396 e. The molecule has 3 rings (SSSR count). The van der Waals surface area contributed by atoms with Crippen LogP contribution < -0.4 is 5.32 Å². The zero-order valence-corrected chi connectivity index (χ0v) is 12.7. The first kappa shape index (κ1) is 14.3. The van der Waals surface area contributed by atoms with Gasteiger partial charge in [-0.25, -0.2) is 4.98 Å². The Morgan fingerprint density at radius 3 is 3.14 bits per heavy atom. The van der Waals surface area contributed by atoms with Crippen molar-refractivity contribution in [1.82, 2.24) is 15.3 Å². The second-order valence-electron chi connectivity index (χ2n) is 5.51. The Labute approximate surface area is 127 Å². The third kappa shape index (κ3) is 3.01. The normalized spacial score (nSPS) is 21.6. The van der Waals surface area contributed by atoms with Crippen molar-refractivity contribution in [1.29, 1.82) is 0 Å². The first-order valence-corrected chi connectivity index (χ1v) is 8.08. The lowest BCUT2D eigenvalue weighted by molar-refractivity contribution is 0.0911. The third-order valence-corrected chi connectivity index (χ3v) is 4.83. The minimum Gasteiger partial charge on any atom is -0.396 e. The zero-order valence-electron chi connectivity index (χ0n) is 11.9. The number of aromatic amines is 1. The highest BCUT2D eigenvalue weighted by molar-refractivity contribution is 7.09. The van der Waals surface area contributed by atoms with E-state index in [4.69, 9.17) is 0 Å². The third-order valence-electron chi connectivity index (χ3n) is 4.05. The second kappa shape index (κ2) is 5.99. The molecule has 2 heterocycles. The number of thiazole rings is 1. The van der Waals surface area contributed by atoms with Gasteiger partial charge in [0.2, 0.25) is 0 Å². The highest BCUT2D eigenvalue weighted by Gasteiger charge is 2.28. The number of aliphatic hydroxyl groups excluding tert-OH is 1. The second-order valence-corrected chi connectivity index (χ2v) is 6.57. The van der Waals surface area contributed by atoms with Crippen LogP contribution in [0.4, 0.5) is 0 Å². The molecule has 2 unspecified atom stereocenters. The molecule has 0 spiro atoms. The van der Waals surface area contributed by atoms with Gasteiger partial charge in [0.25, 0.3) is 5.91 Å². The quantitative estimate of drug-likeness (QED) is 0.811. The van der Waals surface area contributed by atoms with E-state index < -0.39 is 0 Å². The molecule has 1 fully saturated rings. The number of aromatic nitrogens is 2. The molecule has 0 saturated heterocycles. The van der Waals surface area contributed by atoms with Gasteiger partial charge in [0, 0.05) is 35.7 Å². The molecule has 2 atom stereocenters. The molecule has 2 aromatic heterocycles. The van der Waals surface area contributed by atoms with Crippen molar-refractivity contribution < 1.29 is 9.90 Å². The van der Waals surface area contributed by atoms with Gasteiger partial charge in [0.05, 0.1) is 10.7 Å². The van der Waals surface area contributed by atoms with Crippen molar-refractivity contribution in [3.63, 3.8) is 0 Å².